The van der Waals surface area contributed by atoms with Gasteiger partial charge in [-0.05, 0) is 39.0 Å². The number of halogens is 2. The fourth-order valence-corrected chi connectivity index (χ4v) is 5.61. The summed E-state index contributed by atoms with van der Waals surface area (Å²) in [5, 5.41) is 24.2. The smallest absolute Gasteiger partial charge is 0.260 e. The predicted molar refractivity (Wildman–Crippen MR) is 166 cm³/mol. The lowest BCUT2D eigenvalue weighted by Crippen LogP contribution is -2.50. The Labute approximate surface area is 255 Å². The van der Waals surface area contributed by atoms with Crippen LogP contribution in [0.25, 0.3) is 22.2 Å². The molecule has 228 valence electrons. The van der Waals surface area contributed by atoms with Crippen molar-refractivity contribution in [2.24, 2.45) is 0 Å². The molecule has 13 heteroatoms. The second-order valence-corrected chi connectivity index (χ2v) is 11.6. The van der Waals surface area contributed by atoms with Gasteiger partial charge in [0.2, 0.25) is 5.95 Å². The summed E-state index contributed by atoms with van der Waals surface area (Å²) in [5.74, 6) is 0.936. The van der Waals surface area contributed by atoms with Crippen molar-refractivity contribution < 1.29 is 19.7 Å². The second-order valence-electron chi connectivity index (χ2n) is 10.8. The van der Waals surface area contributed by atoms with E-state index in [0.717, 1.165) is 32.7 Å². The number of piperazine rings is 1. The van der Waals surface area contributed by atoms with Crippen LogP contribution in [0.5, 0.6) is 11.5 Å². The number of aryl methyl sites for hydroxylation is 1. The van der Waals surface area contributed by atoms with Gasteiger partial charge in [-0.2, -0.15) is 4.98 Å². The van der Waals surface area contributed by atoms with E-state index in [2.05, 4.69) is 26.8 Å². The lowest BCUT2D eigenvalue weighted by Gasteiger charge is -2.36. The average Bonchev–Trinajstić information content (AvgIpc) is 2.97. The molecule has 0 aliphatic carbocycles. The highest BCUT2D eigenvalue weighted by Gasteiger charge is 2.24. The molecule has 4 rings (SSSR count). The van der Waals surface area contributed by atoms with Crippen LogP contribution >= 0.6 is 23.2 Å². The minimum absolute atomic E-state index is 0.190. The molecule has 2 aromatic heterocycles. The van der Waals surface area contributed by atoms with Crippen LogP contribution in [-0.2, 0) is 6.54 Å². The summed E-state index contributed by atoms with van der Waals surface area (Å²) in [4.78, 5) is 27.5. The summed E-state index contributed by atoms with van der Waals surface area (Å²) in [6.45, 7) is 11.4. The Hall–Kier alpha value is -2.93. The number of hydrogen-bond donors (Lipinski definition) is 3. The zero-order valence-electron chi connectivity index (χ0n) is 24.4. The normalized spacial score (nSPS) is 15.5. The molecule has 3 aromatic rings. The Kier molecular flexibility index (Phi) is 10.3. The van der Waals surface area contributed by atoms with Crippen molar-refractivity contribution in [1.82, 2.24) is 24.3 Å². The predicted octanol–water partition coefficient (Wildman–Crippen LogP) is 3.48. The van der Waals surface area contributed by atoms with E-state index in [9.17, 15) is 15.0 Å². The number of fused-ring (bicyclic) bond motifs is 1. The Morgan fingerprint density at radius 1 is 1.12 bits per heavy atom. The highest BCUT2D eigenvalue weighted by atomic mass is 35.5. The average molecular weight is 622 g/mol. The van der Waals surface area contributed by atoms with Crippen molar-refractivity contribution in [3.8, 4) is 22.6 Å². The van der Waals surface area contributed by atoms with E-state index < -0.39 is 11.8 Å². The summed E-state index contributed by atoms with van der Waals surface area (Å²) >= 11 is 13.4. The van der Waals surface area contributed by atoms with Crippen molar-refractivity contribution in [2.45, 2.75) is 38.6 Å². The largest absolute Gasteiger partial charge is 0.495 e. The molecule has 0 radical (unpaired) electrons. The van der Waals surface area contributed by atoms with Crippen molar-refractivity contribution in [2.75, 3.05) is 58.8 Å². The highest BCUT2D eigenvalue weighted by Crippen LogP contribution is 2.45. The minimum atomic E-state index is -0.980. The van der Waals surface area contributed by atoms with Crippen molar-refractivity contribution in [3.05, 3.63) is 51.4 Å². The molecule has 3 N–H and O–H groups in total. The van der Waals surface area contributed by atoms with E-state index in [4.69, 9.17) is 32.7 Å². The number of benzene rings is 1. The molecule has 42 heavy (non-hydrogen) atoms. The quantitative estimate of drug-likeness (QED) is 0.259. The number of methoxy groups -OCH3 is 2. The van der Waals surface area contributed by atoms with Crippen LogP contribution < -0.4 is 20.3 Å². The van der Waals surface area contributed by atoms with Crippen LogP contribution in [0.3, 0.4) is 0 Å². The molecule has 1 atom stereocenters. The Morgan fingerprint density at radius 3 is 2.33 bits per heavy atom. The topological polar surface area (TPSA) is 125 Å². The zero-order valence-corrected chi connectivity index (χ0v) is 25.9. The molecular formula is C29H38Cl2N6O5. The fourth-order valence-electron chi connectivity index (χ4n) is 4.90. The number of pyridine rings is 1. The van der Waals surface area contributed by atoms with Gasteiger partial charge in [0.05, 0.1) is 35.4 Å². The third-order valence-electron chi connectivity index (χ3n) is 7.20. The van der Waals surface area contributed by atoms with Crippen molar-refractivity contribution >= 4 is 40.2 Å². The number of anilines is 1. The van der Waals surface area contributed by atoms with Crippen LogP contribution in [0.1, 0.15) is 20.3 Å². The maximum Gasteiger partial charge on any atom is 0.260 e. The Morgan fingerprint density at radius 2 is 1.76 bits per heavy atom. The third-order valence-corrected chi connectivity index (χ3v) is 7.95. The van der Waals surface area contributed by atoms with Gasteiger partial charge in [0.15, 0.2) is 0 Å². The van der Waals surface area contributed by atoms with Crippen LogP contribution in [0, 0.1) is 0 Å². The Balaban J connectivity index is 1.72. The van der Waals surface area contributed by atoms with Gasteiger partial charge in [-0.15, -0.1) is 0 Å². The van der Waals surface area contributed by atoms with Gasteiger partial charge in [0, 0.05) is 62.5 Å². The third kappa shape index (κ3) is 7.16. The molecule has 0 amide bonds. The number of ether oxygens (including phenoxy) is 2. The van der Waals surface area contributed by atoms with Gasteiger partial charge < -0.3 is 29.9 Å². The second kappa shape index (κ2) is 13.6. The first-order chi connectivity index (χ1) is 20.0. The minimum Gasteiger partial charge on any atom is -0.495 e. The first-order valence-electron chi connectivity index (χ1n) is 13.7. The molecule has 1 aliphatic rings. The molecule has 1 unspecified atom stereocenters. The number of aromatic nitrogens is 3. The number of hydrogen-bond acceptors (Lipinski definition) is 10. The lowest BCUT2D eigenvalue weighted by molar-refractivity contribution is 0.00542. The zero-order chi connectivity index (χ0) is 30.6. The van der Waals surface area contributed by atoms with Gasteiger partial charge in [0.1, 0.15) is 23.4 Å². The van der Waals surface area contributed by atoms with Gasteiger partial charge in [-0.3, -0.25) is 14.3 Å². The lowest BCUT2D eigenvalue weighted by atomic mass is 10.0. The van der Waals surface area contributed by atoms with Gasteiger partial charge in [-0.1, -0.05) is 29.8 Å². The molecule has 3 heterocycles. The van der Waals surface area contributed by atoms with Crippen LogP contribution in [0.4, 0.5) is 5.95 Å². The van der Waals surface area contributed by atoms with E-state index in [-0.39, 0.29) is 27.7 Å². The van der Waals surface area contributed by atoms with Gasteiger partial charge >= 0.3 is 0 Å². The van der Waals surface area contributed by atoms with Crippen LogP contribution in [-0.4, -0.2) is 99.9 Å². The summed E-state index contributed by atoms with van der Waals surface area (Å²) < 4.78 is 12.5. The number of rotatable bonds is 12. The fraction of sp³-hybridized carbons (Fsp3) is 0.483. The molecule has 0 saturated carbocycles. The molecule has 1 aliphatic heterocycles. The molecule has 0 bridgehead atoms. The molecule has 0 spiro atoms. The van der Waals surface area contributed by atoms with Crippen molar-refractivity contribution in [3.63, 3.8) is 0 Å². The summed E-state index contributed by atoms with van der Waals surface area (Å²) in [7, 11) is 2.95. The van der Waals surface area contributed by atoms with E-state index in [1.165, 1.54) is 20.3 Å². The summed E-state index contributed by atoms with van der Waals surface area (Å²) in [5.41, 5.74) is -0.295. The van der Waals surface area contributed by atoms with E-state index >= 15 is 0 Å². The van der Waals surface area contributed by atoms with E-state index in [0.29, 0.717) is 47.0 Å². The molecule has 1 saturated heterocycles. The molecule has 11 nitrogen and oxygen atoms in total. The number of aliphatic hydroxyl groups excluding tert-OH is 1. The Bertz CT molecular complexity index is 1460. The maximum absolute atomic E-state index is 14.1. The first-order valence-corrected chi connectivity index (χ1v) is 14.5. The molecule has 1 fully saturated rings. The number of aliphatic hydroxyl groups is 2. The molecule has 1 aromatic carbocycles. The SMILES string of the molecule is C=CC(O)N1CCN(CCCn2c(=O)c(-c3c(Cl)c(OC)cc(OC)c3Cl)cc3cnc(NCC(C)(C)O)nc32)CC1. The van der Waals surface area contributed by atoms with Crippen LogP contribution in [0.2, 0.25) is 10.0 Å². The van der Waals surface area contributed by atoms with Crippen LogP contribution in [0.15, 0.2) is 35.8 Å². The monoisotopic (exact) mass is 620 g/mol. The molecular weight excluding hydrogens is 583 g/mol. The van der Waals surface area contributed by atoms with Gasteiger partial charge in [0.25, 0.3) is 5.56 Å². The first kappa shape index (κ1) is 32.0. The van der Waals surface area contributed by atoms with E-state index in [1.807, 2.05) is 4.90 Å². The number of nitrogens with zero attached hydrogens (tertiary/aromatic N) is 5. The van der Waals surface area contributed by atoms with Gasteiger partial charge in [-0.25, -0.2) is 4.98 Å². The standard InChI is InChI=1S/C29H38Cl2N6O5/c1-6-22(38)36-12-10-35(11-13-36)8-7-9-37-26-18(16-32-28(34-26)33-17-29(2,3)40)14-19(27(37)39)23-24(30)20(41-4)15-21(42-5)25(23)31/h6,14-16,22,38,40H,1,7-13,17H2,2-5H3,(H,32,33,34). The van der Waals surface area contributed by atoms with E-state index in [1.54, 1.807) is 36.7 Å². The number of nitrogens with one attached hydrogen (secondary N) is 1. The highest BCUT2D eigenvalue weighted by molar-refractivity contribution is 6.41. The van der Waals surface area contributed by atoms with Crippen molar-refractivity contribution in [1.29, 1.82) is 0 Å². The summed E-state index contributed by atoms with van der Waals surface area (Å²) in [6.07, 6.45) is 3.18. The summed E-state index contributed by atoms with van der Waals surface area (Å²) in [6, 6.07) is 3.25. The maximum atomic E-state index is 14.1.